The molecule has 96 valence electrons. The van der Waals surface area contributed by atoms with Gasteiger partial charge in [0, 0.05) is 21.0 Å². The van der Waals surface area contributed by atoms with Crippen LogP contribution in [0.5, 0.6) is 0 Å². The second kappa shape index (κ2) is 6.36. The van der Waals surface area contributed by atoms with Crippen molar-refractivity contribution in [3.8, 4) is 0 Å². The van der Waals surface area contributed by atoms with Gasteiger partial charge in [0.1, 0.15) is 12.7 Å². The maximum absolute atomic E-state index is 10.8. The highest BCUT2D eigenvalue weighted by Crippen LogP contribution is 2.17. The number of esters is 2. The molecule has 0 spiro atoms. The molecule has 17 heavy (non-hydrogen) atoms. The number of ether oxygens (including phenoxy) is 4. The molecule has 0 N–H and O–H groups in total. The van der Waals surface area contributed by atoms with Gasteiger partial charge < -0.3 is 18.9 Å². The lowest BCUT2D eigenvalue weighted by molar-refractivity contribution is -0.211. The molecular formula is C11H16O6. The van der Waals surface area contributed by atoms with E-state index in [-0.39, 0.29) is 12.6 Å². The first-order valence-electron chi connectivity index (χ1n) is 5.20. The maximum Gasteiger partial charge on any atom is 0.303 e. The highest BCUT2D eigenvalue weighted by Gasteiger charge is 2.29. The van der Waals surface area contributed by atoms with E-state index in [1.54, 1.807) is 12.2 Å². The summed E-state index contributed by atoms with van der Waals surface area (Å²) in [4.78, 5) is 21.5. The van der Waals surface area contributed by atoms with E-state index >= 15 is 0 Å². The molecule has 6 heteroatoms. The van der Waals surface area contributed by atoms with Gasteiger partial charge in [-0.3, -0.25) is 9.59 Å². The van der Waals surface area contributed by atoms with Gasteiger partial charge in [-0.05, 0) is 6.08 Å². The van der Waals surface area contributed by atoms with Gasteiger partial charge in [-0.1, -0.05) is 6.08 Å². The van der Waals surface area contributed by atoms with Crippen LogP contribution in [0.2, 0.25) is 0 Å². The summed E-state index contributed by atoms with van der Waals surface area (Å²) >= 11 is 0. The Bertz CT molecular complexity index is 311. The molecule has 0 amide bonds. The van der Waals surface area contributed by atoms with E-state index in [0.717, 1.165) is 0 Å². The summed E-state index contributed by atoms with van der Waals surface area (Å²) in [5.41, 5.74) is 0. The molecule has 1 aliphatic heterocycles. The summed E-state index contributed by atoms with van der Waals surface area (Å²) in [7, 11) is 1.45. The highest BCUT2D eigenvalue weighted by atomic mass is 16.7. The molecular weight excluding hydrogens is 228 g/mol. The number of carbonyl (C=O) groups is 2. The lowest BCUT2D eigenvalue weighted by Crippen LogP contribution is -2.40. The zero-order valence-corrected chi connectivity index (χ0v) is 10.0. The Labute approximate surface area is 99.5 Å². The topological polar surface area (TPSA) is 71.1 Å². The largest absolute Gasteiger partial charge is 0.463 e. The fourth-order valence-electron chi connectivity index (χ4n) is 1.39. The molecule has 0 fully saturated rings. The molecule has 0 radical (unpaired) electrons. The summed E-state index contributed by atoms with van der Waals surface area (Å²) in [6.07, 6.45) is 1.67. The Balaban J connectivity index is 2.54. The standard InChI is InChI=1S/C11H16O6/c1-7(12)15-6-9-4-5-10(16-8(2)13)11(14-3)17-9/h4-5,9-11H,6H2,1-3H3/t9-,10+,11-/m0/s1. The summed E-state index contributed by atoms with van der Waals surface area (Å²) < 4.78 is 20.3. The average molecular weight is 244 g/mol. The Morgan fingerprint density at radius 3 is 2.47 bits per heavy atom. The van der Waals surface area contributed by atoms with Crippen molar-refractivity contribution >= 4 is 11.9 Å². The first-order chi connectivity index (χ1) is 8.02. The first kappa shape index (κ1) is 13.7. The van der Waals surface area contributed by atoms with Crippen molar-refractivity contribution in [2.24, 2.45) is 0 Å². The van der Waals surface area contributed by atoms with Crippen molar-refractivity contribution in [2.75, 3.05) is 13.7 Å². The number of hydrogen-bond donors (Lipinski definition) is 0. The Morgan fingerprint density at radius 1 is 1.24 bits per heavy atom. The van der Waals surface area contributed by atoms with E-state index in [0.29, 0.717) is 0 Å². The third-order valence-electron chi connectivity index (χ3n) is 2.08. The lowest BCUT2D eigenvalue weighted by Gasteiger charge is -2.30. The SMILES string of the molecule is CO[C@H]1O[C@H](COC(C)=O)C=C[C@H]1OC(C)=O. The van der Waals surface area contributed by atoms with Crippen LogP contribution < -0.4 is 0 Å². The number of rotatable bonds is 4. The summed E-state index contributed by atoms with van der Waals surface area (Å²) in [5.74, 6) is -0.790. The van der Waals surface area contributed by atoms with E-state index in [2.05, 4.69) is 0 Å². The molecule has 0 aromatic rings. The van der Waals surface area contributed by atoms with Crippen LogP contribution in [0.1, 0.15) is 13.8 Å². The maximum atomic E-state index is 10.8. The van der Waals surface area contributed by atoms with E-state index in [9.17, 15) is 9.59 Å². The summed E-state index contributed by atoms with van der Waals surface area (Å²) in [5, 5.41) is 0. The van der Waals surface area contributed by atoms with Gasteiger partial charge >= 0.3 is 11.9 Å². The molecule has 1 rings (SSSR count). The molecule has 0 bridgehead atoms. The Hall–Kier alpha value is -1.40. The van der Waals surface area contributed by atoms with Gasteiger partial charge in [0.05, 0.1) is 0 Å². The normalized spacial score (nSPS) is 27.6. The fourth-order valence-corrected chi connectivity index (χ4v) is 1.39. The molecule has 0 aromatic carbocycles. The van der Waals surface area contributed by atoms with Crippen molar-refractivity contribution in [3.05, 3.63) is 12.2 Å². The van der Waals surface area contributed by atoms with E-state index in [1.165, 1.54) is 21.0 Å². The minimum absolute atomic E-state index is 0.110. The molecule has 0 saturated heterocycles. The van der Waals surface area contributed by atoms with Crippen LogP contribution in [0, 0.1) is 0 Å². The van der Waals surface area contributed by atoms with Crippen LogP contribution in [0.25, 0.3) is 0 Å². The van der Waals surface area contributed by atoms with Crippen LogP contribution in [-0.2, 0) is 28.5 Å². The Kier molecular flexibility index (Phi) is 5.11. The first-order valence-corrected chi connectivity index (χ1v) is 5.20. The fraction of sp³-hybridized carbons (Fsp3) is 0.636. The third-order valence-corrected chi connectivity index (χ3v) is 2.08. The average Bonchev–Trinajstić information content (AvgIpc) is 2.26. The molecule has 1 aliphatic rings. The smallest absolute Gasteiger partial charge is 0.303 e. The second-order valence-corrected chi connectivity index (χ2v) is 3.54. The van der Waals surface area contributed by atoms with Crippen molar-refractivity contribution in [1.29, 1.82) is 0 Å². The molecule has 0 unspecified atom stereocenters. The zero-order chi connectivity index (χ0) is 12.8. The molecule has 1 heterocycles. The van der Waals surface area contributed by atoms with Crippen molar-refractivity contribution in [3.63, 3.8) is 0 Å². The predicted molar refractivity (Wildman–Crippen MR) is 57.0 cm³/mol. The summed E-state index contributed by atoms with van der Waals surface area (Å²) in [6, 6.07) is 0. The second-order valence-electron chi connectivity index (χ2n) is 3.54. The molecule has 0 aliphatic carbocycles. The quantitative estimate of drug-likeness (QED) is 0.527. The zero-order valence-electron chi connectivity index (χ0n) is 10.0. The number of hydrogen-bond acceptors (Lipinski definition) is 6. The van der Waals surface area contributed by atoms with Gasteiger partial charge in [-0.15, -0.1) is 0 Å². The predicted octanol–water partition coefficient (Wildman–Crippen LogP) is 0.409. The van der Waals surface area contributed by atoms with Crippen LogP contribution >= 0.6 is 0 Å². The van der Waals surface area contributed by atoms with Crippen molar-refractivity contribution < 1.29 is 28.5 Å². The van der Waals surface area contributed by atoms with E-state index in [4.69, 9.17) is 18.9 Å². The van der Waals surface area contributed by atoms with Crippen LogP contribution in [0.4, 0.5) is 0 Å². The minimum Gasteiger partial charge on any atom is -0.463 e. The van der Waals surface area contributed by atoms with Crippen molar-refractivity contribution in [1.82, 2.24) is 0 Å². The molecule has 0 saturated carbocycles. The molecule has 3 atom stereocenters. The van der Waals surface area contributed by atoms with E-state index < -0.39 is 24.5 Å². The van der Waals surface area contributed by atoms with Gasteiger partial charge in [0.15, 0.2) is 12.4 Å². The van der Waals surface area contributed by atoms with Gasteiger partial charge in [-0.25, -0.2) is 0 Å². The van der Waals surface area contributed by atoms with Crippen LogP contribution in [-0.4, -0.2) is 44.2 Å². The third kappa shape index (κ3) is 4.54. The van der Waals surface area contributed by atoms with Crippen LogP contribution in [0.15, 0.2) is 12.2 Å². The van der Waals surface area contributed by atoms with Crippen LogP contribution in [0.3, 0.4) is 0 Å². The molecule has 0 aromatic heterocycles. The minimum atomic E-state index is -0.690. The Morgan fingerprint density at radius 2 is 1.94 bits per heavy atom. The highest BCUT2D eigenvalue weighted by molar-refractivity contribution is 5.66. The lowest BCUT2D eigenvalue weighted by atomic mass is 10.2. The monoisotopic (exact) mass is 244 g/mol. The number of methoxy groups -OCH3 is 1. The summed E-state index contributed by atoms with van der Waals surface area (Å²) in [6.45, 7) is 2.74. The van der Waals surface area contributed by atoms with Gasteiger partial charge in [0.2, 0.25) is 0 Å². The van der Waals surface area contributed by atoms with Crippen molar-refractivity contribution in [2.45, 2.75) is 32.3 Å². The van der Waals surface area contributed by atoms with Gasteiger partial charge in [0.25, 0.3) is 0 Å². The van der Waals surface area contributed by atoms with Gasteiger partial charge in [-0.2, -0.15) is 0 Å². The number of carbonyl (C=O) groups excluding carboxylic acids is 2. The molecule has 6 nitrogen and oxygen atoms in total. The van der Waals surface area contributed by atoms with E-state index in [1.807, 2.05) is 0 Å².